The van der Waals surface area contributed by atoms with Crippen molar-refractivity contribution < 1.29 is 0 Å². The molecule has 0 aromatic heterocycles. The van der Waals surface area contributed by atoms with Gasteiger partial charge in [0.1, 0.15) is 0 Å². The molecule has 1 aliphatic rings. The number of nitrogens with one attached hydrogen (secondary N) is 1. The molecule has 4 rings (SSSR count). The summed E-state index contributed by atoms with van der Waals surface area (Å²) in [6.07, 6.45) is 1.09. The lowest BCUT2D eigenvalue weighted by Gasteiger charge is -2.31. The van der Waals surface area contributed by atoms with Crippen molar-refractivity contribution in [3.8, 4) is 11.1 Å². The van der Waals surface area contributed by atoms with Gasteiger partial charge in [-0.25, -0.2) is 0 Å². The molecule has 0 heterocycles. The van der Waals surface area contributed by atoms with E-state index in [2.05, 4.69) is 105 Å². The summed E-state index contributed by atoms with van der Waals surface area (Å²) in [4.78, 5) is 0. The molecule has 0 saturated carbocycles. The van der Waals surface area contributed by atoms with E-state index in [1.807, 2.05) is 0 Å². The Morgan fingerprint density at radius 3 is 2.08 bits per heavy atom. The summed E-state index contributed by atoms with van der Waals surface area (Å²) in [7, 11) is 0. The van der Waals surface area contributed by atoms with Gasteiger partial charge in [-0.3, -0.25) is 0 Å². The van der Waals surface area contributed by atoms with Crippen LogP contribution in [0.4, 0.5) is 0 Å². The van der Waals surface area contributed by atoms with Crippen molar-refractivity contribution in [2.24, 2.45) is 0 Å². The molecule has 1 aliphatic carbocycles. The minimum Gasteiger partial charge on any atom is -0.305 e. The van der Waals surface area contributed by atoms with Crippen molar-refractivity contribution in [3.05, 3.63) is 95.6 Å². The van der Waals surface area contributed by atoms with Crippen LogP contribution >= 0.6 is 0 Å². The highest BCUT2D eigenvalue weighted by Crippen LogP contribution is 2.44. The van der Waals surface area contributed by atoms with Gasteiger partial charge in [-0.15, -0.1) is 0 Å². The second-order valence-corrected chi connectivity index (χ2v) is 8.37. The van der Waals surface area contributed by atoms with Crippen molar-refractivity contribution >= 4 is 0 Å². The normalized spacial score (nSPS) is 19.3. The summed E-state index contributed by atoms with van der Waals surface area (Å²) in [6.45, 7) is 6.77. The molecule has 1 nitrogen and oxygen atoms in total. The number of rotatable bonds is 3. The molecule has 0 saturated heterocycles. The molecule has 0 aliphatic heterocycles. The molecule has 26 heavy (non-hydrogen) atoms. The Bertz CT molecular complexity index is 875. The fraction of sp³-hybridized carbons (Fsp3) is 0.280. The number of hydrogen-bond acceptors (Lipinski definition) is 1. The topological polar surface area (TPSA) is 12.0 Å². The molecule has 1 heteroatoms. The van der Waals surface area contributed by atoms with Crippen LogP contribution in [0.5, 0.6) is 0 Å². The maximum atomic E-state index is 3.88. The molecule has 0 unspecified atom stereocenters. The Labute approximate surface area is 157 Å². The summed E-state index contributed by atoms with van der Waals surface area (Å²) in [5.41, 5.74) is 7.03. The summed E-state index contributed by atoms with van der Waals surface area (Å²) in [5, 5.41) is 3.88. The van der Waals surface area contributed by atoms with Gasteiger partial charge < -0.3 is 5.32 Å². The Balaban J connectivity index is 1.74. The van der Waals surface area contributed by atoms with Crippen LogP contribution in [0.25, 0.3) is 11.1 Å². The highest BCUT2D eigenvalue weighted by atomic mass is 15.0. The highest BCUT2D eigenvalue weighted by molar-refractivity contribution is 5.66. The Morgan fingerprint density at radius 1 is 0.769 bits per heavy atom. The van der Waals surface area contributed by atoms with Crippen molar-refractivity contribution in [1.29, 1.82) is 0 Å². The molecule has 1 N–H and O–H groups in total. The highest BCUT2D eigenvalue weighted by Gasteiger charge is 2.35. The third-order valence-corrected chi connectivity index (χ3v) is 5.24. The van der Waals surface area contributed by atoms with Crippen LogP contribution in [0.3, 0.4) is 0 Å². The minimum absolute atomic E-state index is 0.0808. The molecule has 0 radical (unpaired) electrons. The van der Waals surface area contributed by atoms with Gasteiger partial charge in [0.25, 0.3) is 0 Å². The van der Waals surface area contributed by atoms with Crippen molar-refractivity contribution in [2.75, 3.05) is 0 Å². The quantitative estimate of drug-likeness (QED) is 0.605. The zero-order valence-electron chi connectivity index (χ0n) is 15.9. The first-order valence-electron chi connectivity index (χ1n) is 9.52. The van der Waals surface area contributed by atoms with E-state index < -0.39 is 0 Å². The van der Waals surface area contributed by atoms with Crippen LogP contribution in [0.15, 0.2) is 78.9 Å². The fourth-order valence-corrected chi connectivity index (χ4v) is 4.12. The van der Waals surface area contributed by atoms with Crippen LogP contribution in [0.2, 0.25) is 0 Å². The second-order valence-electron chi connectivity index (χ2n) is 8.37. The lowest BCUT2D eigenvalue weighted by molar-refractivity contribution is 0.340. The van der Waals surface area contributed by atoms with E-state index in [9.17, 15) is 0 Å². The molecular formula is C25H27N. The monoisotopic (exact) mass is 341 g/mol. The van der Waals surface area contributed by atoms with Gasteiger partial charge in [-0.05, 0) is 55.0 Å². The van der Waals surface area contributed by atoms with Crippen molar-refractivity contribution in [1.82, 2.24) is 5.32 Å². The van der Waals surface area contributed by atoms with E-state index in [1.54, 1.807) is 0 Å². The average Bonchev–Trinajstić information content (AvgIpc) is 2.99. The van der Waals surface area contributed by atoms with Crippen LogP contribution in [0.1, 0.15) is 49.4 Å². The van der Waals surface area contributed by atoms with E-state index >= 15 is 0 Å². The lowest BCUT2D eigenvalue weighted by atomic mass is 9.90. The fourth-order valence-electron chi connectivity index (χ4n) is 4.12. The maximum Gasteiger partial charge on any atom is 0.0399 e. The maximum absolute atomic E-state index is 3.88. The van der Waals surface area contributed by atoms with Crippen LogP contribution < -0.4 is 5.32 Å². The molecule has 3 aromatic rings. The minimum atomic E-state index is 0.0808. The van der Waals surface area contributed by atoms with E-state index in [0.29, 0.717) is 12.0 Å². The van der Waals surface area contributed by atoms with Gasteiger partial charge in [0.2, 0.25) is 0 Å². The van der Waals surface area contributed by atoms with Crippen LogP contribution in [0, 0.1) is 0 Å². The summed E-state index contributed by atoms with van der Waals surface area (Å²) in [6, 6.07) is 29.0. The molecule has 0 fully saturated rings. The standard InChI is InChI=1S/C25H27N/c1-25(2,3)26-24-22-15-14-20(18-10-6-4-7-11-18)16-21(22)17-23(24)19-12-8-5-9-13-19/h4-16,23-24,26H,17H2,1-3H3/t23-,24-/m1/s1. The van der Waals surface area contributed by atoms with Gasteiger partial charge in [-0.1, -0.05) is 78.9 Å². The van der Waals surface area contributed by atoms with E-state index in [4.69, 9.17) is 0 Å². The van der Waals surface area contributed by atoms with Crippen molar-refractivity contribution in [3.63, 3.8) is 0 Å². The zero-order chi connectivity index (χ0) is 18.1. The molecule has 2 atom stereocenters. The molecule has 0 bridgehead atoms. The van der Waals surface area contributed by atoms with E-state index in [-0.39, 0.29) is 5.54 Å². The predicted molar refractivity (Wildman–Crippen MR) is 110 cm³/mol. The van der Waals surface area contributed by atoms with Crippen molar-refractivity contribution in [2.45, 2.75) is 44.7 Å². The Hall–Kier alpha value is -2.38. The van der Waals surface area contributed by atoms with Gasteiger partial charge >= 0.3 is 0 Å². The SMILES string of the molecule is CC(C)(C)N[C@@H]1c2ccc(-c3ccccc3)cc2C[C@@H]1c1ccccc1. The smallest absolute Gasteiger partial charge is 0.0399 e. The van der Waals surface area contributed by atoms with Crippen LogP contribution in [-0.4, -0.2) is 5.54 Å². The summed E-state index contributed by atoms with van der Waals surface area (Å²) < 4.78 is 0. The average molecular weight is 341 g/mol. The summed E-state index contributed by atoms with van der Waals surface area (Å²) in [5.74, 6) is 0.483. The zero-order valence-corrected chi connectivity index (χ0v) is 15.9. The number of benzene rings is 3. The first-order chi connectivity index (χ1) is 12.5. The first kappa shape index (κ1) is 17.1. The third-order valence-electron chi connectivity index (χ3n) is 5.24. The van der Waals surface area contributed by atoms with Gasteiger partial charge in [-0.2, -0.15) is 0 Å². The summed E-state index contributed by atoms with van der Waals surface area (Å²) >= 11 is 0. The number of hydrogen-bond donors (Lipinski definition) is 1. The van der Waals surface area contributed by atoms with Gasteiger partial charge in [0.05, 0.1) is 0 Å². The molecule has 3 aromatic carbocycles. The van der Waals surface area contributed by atoms with E-state index in [1.165, 1.54) is 27.8 Å². The molecule has 132 valence electrons. The molecule has 0 amide bonds. The lowest BCUT2D eigenvalue weighted by Crippen LogP contribution is -2.40. The van der Waals surface area contributed by atoms with Gasteiger partial charge in [0.15, 0.2) is 0 Å². The molecule has 0 spiro atoms. The first-order valence-corrected chi connectivity index (χ1v) is 9.52. The van der Waals surface area contributed by atoms with Gasteiger partial charge in [0, 0.05) is 17.5 Å². The largest absolute Gasteiger partial charge is 0.305 e. The second kappa shape index (κ2) is 6.74. The van der Waals surface area contributed by atoms with E-state index in [0.717, 1.165) is 6.42 Å². The molecular weight excluding hydrogens is 314 g/mol. The number of fused-ring (bicyclic) bond motifs is 1. The predicted octanol–water partition coefficient (Wildman–Crippen LogP) is 6.12. The third kappa shape index (κ3) is 3.45. The van der Waals surface area contributed by atoms with Crippen LogP contribution in [-0.2, 0) is 6.42 Å². The Morgan fingerprint density at radius 2 is 1.42 bits per heavy atom. The Kier molecular flexibility index (Phi) is 4.42.